The Kier molecular flexibility index (Phi) is 6.00. The molecule has 27 heavy (non-hydrogen) atoms. The summed E-state index contributed by atoms with van der Waals surface area (Å²) in [4.78, 5) is 11.9. The molecule has 3 rings (SSSR count). The fraction of sp³-hybridized carbons (Fsp3) is 0.118. The van der Waals surface area contributed by atoms with Gasteiger partial charge in [0.2, 0.25) is 0 Å². The van der Waals surface area contributed by atoms with Crippen molar-refractivity contribution in [1.82, 2.24) is 25.6 Å². The zero-order valence-corrected chi connectivity index (χ0v) is 15.6. The zero-order chi connectivity index (χ0) is 19.2. The van der Waals surface area contributed by atoms with E-state index in [1.807, 2.05) is 24.3 Å². The molecule has 0 atom stereocenters. The van der Waals surface area contributed by atoms with E-state index in [1.165, 1.54) is 17.1 Å². The Morgan fingerprint density at radius 1 is 1.22 bits per heavy atom. The lowest BCUT2D eigenvalue weighted by atomic mass is 10.1. The molecule has 1 N–H and O–H groups in total. The van der Waals surface area contributed by atoms with Crippen LogP contribution in [0.4, 0.5) is 0 Å². The molecule has 0 fully saturated rings. The van der Waals surface area contributed by atoms with Crippen molar-refractivity contribution in [2.45, 2.75) is 6.92 Å². The van der Waals surface area contributed by atoms with Crippen LogP contribution in [0, 0.1) is 0 Å². The minimum absolute atomic E-state index is 0.226. The monoisotopic (exact) mass is 404 g/mol. The van der Waals surface area contributed by atoms with Crippen LogP contribution in [-0.2, 0) is 4.79 Å². The van der Waals surface area contributed by atoms with Crippen LogP contribution in [0.15, 0.2) is 53.9 Å². The first-order valence-corrected chi connectivity index (χ1v) is 8.53. The second kappa shape index (κ2) is 8.61. The highest BCUT2D eigenvalue weighted by molar-refractivity contribution is 6.35. The third-order valence-corrected chi connectivity index (χ3v) is 4.03. The Labute approximate surface area is 164 Å². The van der Waals surface area contributed by atoms with E-state index in [0.29, 0.717) is 21.5 Å². The molecular formula is C17H14Cl2N6O2. The normalized spacial score (nSPS) is 11.3. The van der Waals surface area contributed by atoms with Gasteiger partial charge in [-0.25, -0.2) is 10.1 Å². The number of ether oxygens (including phenoxy) is 1. The molecule has 0 bridgehead atoms. The standard InChI is InChI=1S/C17H14Cl2N6O2/c1-11(12-2-5-14(6-3-12)25-10-20-23-24-25)21-22-17(26)9-27-16-7-4-13(18)8-15(16)19/h2-8,10H,9H2,1H3,(H,22,26)/b21-11+. The number of hydrogen-bond acceptors (Lipinski definition) is 6. The molecule has 0 unspecified atom stereocenters. The molecule has 10 heteroatoms. The van der Waals surface area contributed by atoms with Crippen LogP contribution in [0.25, 0.3) is 5.69 Å². The number of carbonyl (C=O) groups is 1. The second-order valence-corrected chi connectivity index (χ2v) is 6.24. The third-order valence-electron chi connectivity index (χ3n) is 3.50. The van der Waals surface area contributed by atoms with E-state index < -0.39 is 5.91 Å². The third kappa shape index (κ3) is 5.02. The predicted molar refractivity (Wildman–Crippen MR) is 101 cm³/mol. The largest absolute Gasteiger partial charge is 0.482 e. The highest BCUT2D eigenvalue weighted by atomic mass is 35.5. The van der Waals surface area contributed by atoms with E-state index in [1.54, 1.807) is 19.1 Å². The van der Waals surface area contributed by atoms with Gasteiger partial charge in [-0.3, -0.25) is 4.79 Å². The number of rotatable bonds is 6. The molecule has 1 heterocycles. The lowest BCUT2D eigenvalue weighted by Crippen LogP contribution is -2.25. The van der Waals surface area contributed by atoms with Crippen molar-refractivity contribution in [2.75, 3.05) is 6.61 Å². The number of benzene rings is 2. The highest BCUT2D eigenvalue weighted by Crippen LogP contribution is 2.27. The average molecular weight is 405 g/mol. The van der Waals surface area contributed by atoms with E-state index in [9.17, 15) is 4.79 Å². The van der Waals surface area contributed by atoms with Gasteiger partial charge < -0.3 is 4.74 Å². The Hall–Kier alpha value is -2.97. The number of tetrazole rings is 1. The maximum Gasteiger partial charge on any atom is 0.277 e. The molecular weight excluding hydrogens is 391 g/mol. The quantitative estimate of drug-likeness (QED) is 0.503. The van der Waals surface area contributed by atoms with Crippen LogP contribution in [0.3, 0.4) is 0 Å². The first-order chi connectivity index (χ1) is 13.0. The van der Waals surface area contributed by atoms with E-state index in [0.717, 1.165) is 11.3 Å². The van der Waals surface area contributed by atoms with Crippen molar-refractivity contribution in [1.29, 1.82) is 0 Å². The van der Waals surface area contributed by atoms with Gasteiger partial charge >= 0.3 is 0 Å². The van der Waals surface area contributed by atoms with Crippen LogP contribution in [-0.4, -0.2) is 38.4 Å². The van der Waals surface area contributed by atoms with E-state index in [4.69, 9.17) is 27.9 Å². The number of nitrogens with one attached hydrogen (secondary N) is 1. The summed E-state index contributed by atoms with van der Waals surface area (Å²) in [7, 11) is 0. The molecule has 1 aromatic heterocycles. The lowest BCUT2D eigenvalue weighted by molar-refractivity contribution is -0.123. The molecule has 1 amide bonds. The fourth-order valence-corrected chi connectivity index (χ4v) is 2.58. The van der Waals surface area contributed by atoms with E-state index in [-0.39, 0.29) is 6.61 Å². The first kappa shape index (κ1) is 18.8. The second-order valence-electron chi connectivity index (χ2n) is 5.40. The average Bonchev–Trinajstić information content (AvgIpc) is 3.20. The zero-order valence-electron chi connectivity index (χ0n) is 14.1. The molecule has 0 saturated heterocycles. The smallest absolute Gasteiger partial charge is 0.277 e. The summed E-state index contributed by atoms with van der Waals surface area (Å²) in [6.07, 6.45) is 1.50. The van der Waals surface area contributed by atoms with Gasteiger partial charge in [-0.05, 0) is 53.2 Å². The van der Waals surface area contributed by atoms with Gasteiger partial charge in [-0.1, -0.05) is 35.3 Å². The summed E-state index contributed by atoms with van der Waals surface area (Å²) in [6.45, 7) is 1.56. The number of halogens is 2. The number of nitrogens with zero attached hydrogens (tertiary/aromatic N) is 5. The van der Waals surface area contributed by atoms with Gasteiger partial charge in [0.1, 0.15) is 12.1 Å². The molecule has 0 aliphatic heterocycles. The van der Waals surface area contributed by atoms with Crippen molar-refractivity contribution in [3.63, 3.8) is 0 Å². The summed E-state index contributed by atoms with van der Waals surface area (Å²) < 4.78 is 6.89. The van der Waals surface area contributed by atoms with Crippen LogP contribution >= 0.6 is 23.2 Å². The maximum atomic E-state index is 11.9. The maximum absolute atomic E-state index is 11.9. The minimum atomic E-state index is -0.411. The van der Waals surface area contributed by atoms with Crippen molar-refractivity contribution in [2.24, 2.45) is 5.10 Å². The number of carbonyl (C=O) groups excluding carboxylic acids is 1. The number of hydrazone groups is 1. The summed E-state index contributed by atoms with van der Waals surface area (Å²) >= 11 is 11.8. The number of amides is 1. The van der Waals surface area contributed by atoms with E-state index >= 15 is 0 Å². The molecule has 8 nitrogen and oxygen atoms in total. The Morgan fingerprint density at radius 2 is 2.00 bits per heavy atom. The molecule has 3 aromatic rings. The van der Waals surface area contributed by atoms with Crippen molar-refractivity contribution in [3.05, 3.63) is 64.4 Å². The van der Waals surface area contributed by atoms with Gasteiger partial charge in [-0.2, -0.15) is 5.10 Å². The van der Waals surface area contributed by atoms with E-state index in [2.05, 4.69) is 26.1 Å². The van der Waals surface area contributed by atoms with Crippen LogP contribution in [0.5, 0.6) is 5.75 Å². The van der Waals surface area contributed by atoms with Gasteiger partial charge in [-0.15, -0.1) is 5.10 Å². The Balaban J connectivity index is 1.55. The van der Waals surface area contributed by atoms with Crippen LogP contribution in [0.1, 0.15) is 12.5 Å². The molecule has 0 saturated carbocycles. The minimum Gasteiger partial charge on any atom is -0.482 e. The van der Waals surface area contributed by atoms with Crippen LogP contribution in [0.2, 0.25) is 10.0 Å². The predicted octanol–water partition coefficient (Wildman–Crippen LogP) is 2.89. The number of hydrogen-bond donors (Lipinski definition) is 1. The SMILES string of the molecule is C/C(=N\NC(=O)COc1ccc(Cl)cc1Cl)c1ccc(-n2cnnn2)cc1. The fourth-order valence-electron chi connectivity index (χ4n) is 2.11. The summed E-state index contributed by atoms with van der Waals surface area (Å²) in [5, 5.41) is 15.9. The summed E-state index contributed by atoms with van der Waals surface area (Å²) in [5.74, 6) is -0.0409. The molecule has 0 aliphatic carbocycles. The lowest BCUT2D eigenvalue weighted by Gasteiger charge is -2.08. The van der Waals surface area contributed by atoms with Crippen molar-refractivity contribution in [3.8, 4) is 11.4 Å². The van der Waals surface area contributed by atoms with Crippen molar-refractivity contribution >= 4 is 34.8 Å². The van der Waals surface area contributed by atoms with Gasteiger partial charge in [0.25, 0.3) is 5.91 Å². The molecule has 0 aliphatic rings. The van der Waals surface area contributed by atoms with Gasteiger partial charge in [0.05, 0.1) is 16.4 Å². The molecule has 0 radical (unpaired) electrons. The molecule has 2 aromatic carbocycles. The highest BCUT2D eigenvalue weighted by Gasteiger charge is 2.07. The summed E-state index contributed by atoms with van der Waals surface area (Å²) in [5.41, 5.74) is 4.73. The summed E-state index contributed by atoms with van der Waals surface area (Å²) in [6, 6.07) is 12.2. The van der Waals surface area contributed by atoms with Crippen LogP contribution < -0.4 is 10.2 Å². The Bertz CT molecular complexity index is 958. The first-order valence-electron chi connectivity index (χ1n) is 7.78. The van der Waals surface area contributed by atoms with Crippen molar-refractivity contribution < 1.29 is 9.53 Å². The van der Waals surface area contributed by atoms with Gasteiger partial charge in [0, 0.05) is 5.02 Å². The number of aromatic nitrogens is 4. The Morgan fingerprint density at radius 3 is 2.67 bits per heavy atom. The topological polar surface area (TPSA) is 94.3 Å². The van der Waals surface area contributed by atoms with Gasteiger partial charge in [0.15, 0.2) is 6.61 Å². The molecule has 138 valence electrons. The molecule has 0 spiro atoms.